The van der Waals surface area contributed by atoms with Crippen molar-refractivity contribution in [1.29, 1.82) is 0 Å². The van der Waals surface area contributed by atoms with Gasteiger partial charge in [-0.1, -0.05) is 12.8 Å². The third kappa shape index (κ3) is 5.89. The Balaban J connectivity index is 1.82. The fraction of sp³-hybridized carbons (Fsp3) is 0.938. The zero-order valence-electron chi connectivity index (χ0n) is 15.1. The van der Waals surface area contributed by atoms with E-state index in [-0.39, 0.29) is 12.1 Å². The minimum atomic E-state index is -3.42. The highest BCUT2D eigenvalue weighted by atomic mass is 32.2. The molecule has 0 aliphatic carbocycles. The molecule has 0 unspecified atom stereocenters. The molecular formula is C16H31N3O4S. The molecular weight excluding hydrogens is 330 g/mol. The summed E-state index contributed by atoms with van der Waals surface area (Å²) < 4.78 is 34.8. The van der Waals surface area contributed by atoms with E-state index in [0.717, 1.165) is 25.7 Å². The molecule has 1 amide bonds. The predicted molar refractivity (Wildman–Crippen MR) is 92.9 cm³/mol. The van der Waals surface area contributed by atoms with Crippen molar-refractivity contribution in [3.05, 3.63) is 0 Å². The Morgan fingerprint density at radius 1 is 1.00 bits per heavy atom. The molecule has 140 valence electrons. The minimum Gasteiger partial charge on any atom is -0.444 e. The monoisotopic (exact) mass is 361 g/mol. The molecule has 24 heavy (non-hydrogen) atoms. The second-order valence-electron chi connectivity index (χ2n) is 7.68. The lowest BCUT2D eigenvalue weighted by Gasteiger charge is -2.34. The molecule has 1 N–H and O–H groups in total. The molecule has 0 atom stereocenters. The fourth-order valence-corrected chi connectivity index (χ4v) is 4.62. The Morgan fingerprint density at radius 3 is 2.04 bits per heavy atom. The van der Waals surface area contributed by atoms with Crippen molar-refractivity contribution in [2.24, 2.45) is 0 Å². The van der Waals surface area contributed by atoms with Crippen LogP contribution in [0.4, 0.5) is 4.79 Å². The van der Waals surface area contributed by atoms with Gasteiger partial charge in [0, 0.05) is 32.2 Å². The minimum absolute atomic E-state index is 0.114. The number of carbonyl (C=O) groups is 1. The molecule has 2 rings (SSSR count). The number of hydrogen-bond donors (Lipinski definition) is 1. The van der Waals surface area contributed by atoms with Gasteiger partial charge in [-0.05, 0) is 46.5 Å². The quantitative estimate of drug-likeness (QED) is 0.835. The van der Waals surface area contributed by atoms with Gasteiger partial charge in [-0.25, -0.2) is 4.79 Å². The highest BCUT2D eigenvalue weighted by Crippen LogP contribution is 2.18. The summed E-state index contributed by atoms with van der Waals surface area (Å²) in [5.74, 6) is 0. The topological polar surface area (TPSA) is 79.0 Å². The highest BCUT2D eigenvalue weighted by molar-refractivity contribution is 7.87. The van der Waals surface area contributed by atoms with E-state index in [1.54, 1.807) is 9.21 Å². The summed E-state index contributed by atoms with van der Waals surface area (Å²) in [7, 11) is -3.42. The van der Waals surface area contributed by atoms with Crippen LogP contribution in [0.15, 0.2) is 0 Å². The van der Waals surface area contributed by atoms with E-state index in [9.17, 15) is 13.2 Å². The summed E-state index contributed by atoms with van der Waals surface area (Å²) in [5.41, 5.74) is -0.512. The summed E-state index contributed by atoms with van der Waals surface area (Å²) in [4.78, 5) is 13.7. The summed E-state index contributed by atoms with van der Waals surface area (Å²) >= 11 is 0. The zero-order chi connectivity index (χ0) is 17.8. The van der Waals surface area contributed by atoms with Crippen LogP contribution in [0.1, 0.15) is 59.3 Å². The van der Waals surface area contributed by atoms with Crippen LogP contribution in [0, 0.1) is 0 Å². The molecule has 2 aliphatic heterocycles. The van der Waals surface area contributed by atoms with Crippen molar-refractivity contribution in [1.82, 2.24) is 13.9 Å². The first-order chi connectivity index (χ1) is 11.2. The number of carbonyl (C=O) groups excluding carboxylic acids is 1. The average Bonchev–Trinajstić information content (AvgIpc) is 2.75. The zero-order valence-corrected chi connectivity index (χ0v) is 15.9. The molecule has 0 bridgehead atoms. The third-order valence-corrected chi connectivity index (χ3v) is 6.04. The lowest BCUT2D eigenvalue weighted by atomic mass is 10.1. The number of likely N-dealkylation sites (tertiary alicyclic amines) is 1. The Hall–Kier alpha value is -0.860. The van der Waals surface area contributed by atoms with Gasteiger partial charge in [-0.3, -0.25) is 0 Å². The normalized spacial score (nSPS) is 22.2. The maximum Gasteiger partial charge on any atom is 0.410 e. The van der Waals surface area contributed by atoms with Crippen LogP contribution in [-0.2, 0) is 14.9 Å². The van der Waals surface area contributed by atoms with Crippen LogP contribution >= 0.6 is 0 Å². The van der Waals surface area contributed by atoms with Gasteiger partial charge in [0.1, 0.15) is 5.60 Å². The first-order valence-electron chi connectivity index (χ1n) is 8.93. The Bertz CT molecular complexity index is 514. The molecule has 0 aromatic heterocycles. The number of piperidine rings is 1. The van der Waals surface area contributed by atoms with Gasteiger partial charge in [0.15, 0.2) is 0 Å². The van der Waals surface area contributed by atoms with E-state index in [0.29, 0.717) is 39.0 Å². The van der Waals surface area contributed by atoms with Crippen LogP contribution in [0.25, 0.3) is 0 Å². The largest absolute Gasteiger partial charge is 0.444 e. The third-order valence-electron chi connectivity index (χ3n) is 4.37. The average molecular weight is 362 g/mol. The molecule has 0 aromatic carbocycles. The molecule has 2 fully saturated rings. The van der Waals surface area contributed by atoms with Crippen LogP contribution in [0.2, 0.25) is 0 Å². The number of nitrogens with zero attached hydrogens (tertiary/aromatic N) is 2. The summed E-state index contributed by atoms with van der Waals surface area (Å²) in [6.45, 7) is 7.76. The fourth-order valence-electron chi connectivity index (χ4n) is 3.07. The molecule has 0 radical (unpaired) electrons. The van der Waals surface area contributed by atoms with E-state index in [2.05, 4.69) is 4.72 Å². The Kier molecular flexibility index (Phi) is 6.50. The molecule has 2 heterocycles. The van der Waals surface area contributed by atoms with Gasteiger partial charge >= 0.3 is 6.09 Å². The number of ether oxygens (including phenoxy) is 1. The SMILES string of the molecule is CC(C)(C)OC(=O)N1CCC(NS(=O)(=O)N2CCCCCC2)CC1. The number of amides is 1. The van der Waals surface area contributed by atoms with Crippen molar-refractivity contribution >= 4 is 16.3 Å². The van der Waals surface area contributed by atoms with Crippen LogP contribution < -0.4 is 4.72 Å². The number of hydrogen-bond acceptors (Lipinski definition) is 4. The summed E-state index contributed by atoms with van der Waals surface area (Å²) in [6.07, 6.45) is 4.96. The second kappa shape index (κ2) is 8.01. The maximum absolute atomic E-state index is 12.5. The van der Waals surface area contributed by atoms with Crippen LogP contribution in [0.5, 0.6) is 0 Å². The van der Waals surface area contributed by atoms with Crippen molar-refractivity contribution in [2.75, 3.05) is 26.2 Å². The van der Waals surface area contributed by atoms with E-state index >= 15 is 0 Å². The number of rotatable bonds is 3. The van der Waals surface area contributed by atoms with Gasteiger partial charge in [0.2, 0.25) is 0 Å². The smallest absolute Gasteiger partial charge is 0.410 e. The first-order valence-corrected chi connectivity index (χ1v) is 10.4. The lowest BCUT2D eigenvalue weighted by molar-refractivity contribution is 0.0203. The van der Waals surface area contributed by atoms with Crippen molar-refractivity contribution in [3.8, 4) is 0 Å². The first kappa shape index (κ1) is 19.5. The van der Waals surface area contributed by atoms with Crippen LogP contribution in [0.3, 0.4) is 0 Å². The Labute approximate surface area is 145 Å². The van der Waals surface area contributed by atoms with Crippen molar-refractivity contribution in [2.45, 2.75) is 70.9 Å². The molecule has 7 nitrogen and oxygen atoms in total. The van der Waals surface area contributed by atoms with Gasteiger partial charge in [0.05, 0.1) is 0 Å². The van der Waals surface area contributed by atoms with Crippen molar-refractivity contribution < 1.29 is 17.9 Å². The van der Waals surface area contributed by atoms with Crippen LogP contribution in [-0.4, -0.2) is 61.5 Å². The Morgan fingerprint density at radius 2 is 1.54 bits per heavy atom. The predicted octanol–water partition coefficient (Wildman–Crippen LogP) is 2.10. The summed E-state index contributed by atoms with van der Waals surface area (Å²) in [5, 5.41) is 0. The molecule has 2 aliphatic rings. The molecule has 0 aromatic rings. The standard InChI is InChI=1S/C16H31N3O4S/c1-16(2,3)23-15(20)18-12-8-14(9-13-18)17-24(21,22)19-10-6-4-5-7-11-19/h14,17H,4-13H2,1-3H3. The lowest BCUT2D eigenvalue weighted by Crippen LogP contribution is -2.51. The van der Waals surface area contributed by atoms with Gasteiger partial charge in [-0.2, -0.15) is 17.4 Å². The molecule has 0 spiro atoms. The maximum atomic E-state index is 12.5. The van der Waals surface area contributed by atoms with E-state index in [1.165, 1.54) is 0 Å². The highest BCUT2D eigenvalue weighted by Gasteiger charge is 2.31. The van der Waals surface area contributed by atoms with Gasteiger partial charge in [-0.15, -0.1) is 0 Å². The van der Waals surface area contributed by atoms with E-state index in [1.807, 2.05) is 20.8 Å². The van der Waals surface area contributed by atoms with E-state index in [4.69, 9.17) is 4.74 Å². The molecule has 0 saturated carbocycles. The van der Waals surface area contributed by atoms with Crippen molar-refractivity contribution in [3.63, 3.8) is 0 Å². The molecule has 2 saturated heterocycles. The van der Waals surface area contributed by atoms with Gasteiger partial charge < -0.3 is 9.64 Å². The molecule has 8 heteroatoms. The van der Waals surface area contributed by atoms with E-state index < -0.39 is 15.8 Å². The second-order valence-corrected chi connectivity index (χ2v) is 9.38. The van der Waals surface area contributed by atoms with Gasteiger partial charge in [0.25, 0.3) is 10.2 Å². The number of nitrogens with one attached hydrogen (secondary N) is 1. The summed E-state index contributed by atoms with van der Waals surface area (Å²) in [6, 6.07) is -0.114.